The van der Waals surface area contributed by atoms with E-state index in [0.717, 1.165) is 6.54 Å². The Morgan fingerprint density at radius 1 is 1.29 bits per heavy atom. The topological polar surface area (TPSA) is 150 Å². The van der Waals surface area contributed by atoms with Crippen molar-refractivity contribution in [3.05, 3.63) is 29.8 Å². The van der Waals surface area contributed by atoms with E-state index < -0.39 is 18.6 Å². The highest BCUT2D eigenvalue weighted by Gasteiger charge is 2.29. The summed E-state index contributed by atoms with van der Waals surface area (Å²) in [4.78, 5) is 20.1. The summed E-state index contributed by atoms with van der Waals surface area (Å²) in [7, 11) is 0. The first-order valence-corrected chi connectivity index (χ1v) is 9.12. The predicted molar refractivity (Wildman–Crippen MR) is 102 cm³/mol. The number of aromatic nitrogens is 4. The van der Waals surface area contributed by atoms with Gasteiger partial charge in [-0.25, -0.2) is 9.97 Å². The second-order valence-corrected chi connectivity index (χ2v) is 6.39. The molecule has 3 rings (SSSR count). The van der Waals surface area contributed by atoms with Crippen molar-refractivity contribution in [2.45, 2.75) is 12.3 Å². The Hall–Kier alpha value is -3.57. The van der Waals surface area contributed by atoms with Gasteiger partial charge in [-0.2, -0.15) is 18.4 Å². The Bertz CT molecular complexity index is 941. The molecule has 2 aromatic heterocycles. The Morgan fingerprint density at radius 2 is 2.13 bits per heavy atom. The van der Waals surface area contributed by atoms with Gasteiger partial charge in [-0.3, -0.25) is 4.79 Å². The largest absolute Gasteiger partial charge is 0.405 e. The minimum Gasteiger partial charge on any atom is -0.380 e. The van der Waals surface area contributed by atoms with Crippen molar-refractivity contribution in [3.8, 4) is 6.07 Å². The fourth-order valence-electron chi connectivity index (χ4n) is 2.58. The second-order valence-electron chi connectivity index (χ2n) is 6.39. The molecule has 2 aromatic rings. The van der Waals surface area contributed by atoms with Gasteiger partial charge in [0.1, 0.15) is 18.4 Å². The number of morpholine rings is 1. The number of halogens is 3. The number of carbonyl (C=O) groups is 1. The third-order valence-corrected chi connectivity index (χ3v) is 4.01. The van der Waals surface area contributed by atoms with Crippen molar-refractivity contribution in [1.82, 2.24) is 30.8 Å². The minimum atomic E-state index is -4.56. The van der Waals surface area contributed by atoms with Gasteiger partial charge < -0.3 is 26.0 Å². The van der Waals surface area contributed by atoms with Crippen molar-refractivity contribution in [2.75, 3.05) is 43.4 Å². The quantitative estimate of drug-likeness (QED) is 0.484. The van der Waals surface area contributed by atoms with E-state index in [0.29, 0.717) is 13.2 Å². The van der Waals surface area contributed by atoms with Crippen molar-refractivity contribution in [2.24, 2.45) is 0 Å². The number of rotatable bonds is 7. The number of alkyl halides is 3. The molecule has 1 saturated heterocycles. The summed E-state index contributed by atoms with van der Waals surface area (Å²) in [6, 6.07) is 3.25. The maximum absolute atomic E-state index is 12.5. The van der Waals surface area contributed by atoms with Gasteiger partial charge in [-0.1, -0.05) is 0 Å². The lowest BCUT2D eigenvalue weighted by atomic mass is 10.2. The third kappa shape index (κ3) is 6.73. The van der Waals surface area contributed by atoms with Crippen molar-refractivity contribution >= 4 is 23.2 Å². The highest BCUT2D eigenvalue weighted by Crippen LogP contribution is 2.20. The second kappa shape index (κ2) is 9.96. The van der Waals surface area contributed by atoms with Crippen LogP contribution in [-0.4, -0.2) is 71.1 Å². The summed E-state index contributed by atoms with van der Waals surface area (Å²) >= 11 is 0. The molecule has 1 fully saturated rings. The molecule has 164 valence electrons. The molecule has 1 aliphatic heterocycles. The molecule has 0 bridgehead atoms. The van der Waals surface area contributed by atoms with Crippen LogP contribution in [0.15, 0.2) is 18.5 Å². The standard InChI is InChI=1S/C17H18F3N9O2/c18-17(19,20)9-26-16(30)15-12(24-7-11-6-22-1-2-31-11)3-13(28-29-15)27-14-8-23-10(4-21)5-25-14/h3,5,8,11,22H,1-2,6-7,9H2,(H,26,30)(H2,24,25,27,28)/t11-/m1/s1. The zero-order valence-electron chi connectivity index (χ0n) is 16.0. The average Bonchev–Trinajstić information content (AvgIpc) is 2.77. The number of hydrogen-bond donors (Lipinski definition) is 4. The van der Waals surface area contributed by atoms with Crippen molar-refractivity contribution in [3.63, 3.8) is 0 Å². The van der Waals surface area contributed by atoms with E-state index >= 15 is 0 Å². The molecule has 0 spiro atoms. The Balaban J connectivity index is 1.77. The molecule has 0 saturated carbocycles. The highest BCUT2D eigenvalue weighted by molar-refractivity contribution is 5.97. The molecule has 0 unspecified atom stereocenters. The number of amides is 1. The fraction of sp³-hybridized carbons (Fsp3) is 0.412. The molecule has 4 N–H and O–H groups in total. The molecule has 14 heteroatoms. The van der Waals surface area contributed by atoms with Gasteiger partial charge in [0.05, 0.1) is 30.8 Å². The number of nitrogens with one attached hydrogen (secondary N) is 4. The molecule has 11 nitrogen and oxygen atoms in total. The van der Waals surface area contributed by atoms with Crippen LogP contribution in [0, 0.1) is 11.3 Å². The molecule has 31 heavy (non-hydrogen) atoms. The molecular weight excluding hydrogens is 419 g/mol. The van der Waals surface area contributed by atoms with Gasteiger partial charge in [0.25, 0.3) is 5.91 Å². The molecule has 0 aliphatic carbocycles. The molecule has 1 aliphatic rings. The van der Waals surface area contributed by atoms with Crippen LogP contribution >= 0.6 is 0 Å². The lowest BCUT2D eigenvalue weighted by molar-refractivity contribution is -0.123. The number of nitriles is 1. The van der Waals surface area contributed by atoms with E-state index in [4.69, 9.17) is 10.00 Å². The van der Waals surface area contributed by atoms with Crippen LogP contribution in [0.25, 0.3) is 0 Å². The summed E-state index contributed by atoms with van der Waals surface area (Å²) in [6.45, 7) is 0.604. The molecule has 0 radical (unpaired) electrons. The Labute approximate surface area is 174 Å². The number of carbonyl (C=O) groups excluding carboxylic acids is 1. The van der Waals surface area contributed by atoms with Crippen LogP contribution in [0.4, 0.5) is 30.5 Å². The van der Waals surface area contributed by atoms with Crippen LogP contribution in [0.3, 0.4) is 0 Å². The van der Waals surface area contributed by atoms with Crippen LogP contribution < -0.4 is 21.3 Å². The Morgan fingerprint density at radius 3 is 2.77 bits per heavy atom. The first-order valence-electron chi connectivity index (χ1n) is 9.12. The van der Waals surface area contributed by atoms with E-state index in [9.17, 15) is 18.0 Å². The summed E-state index contributed by atoms with van der Waals surface area (Å²) in [5, 5.41) is 27.1. The van der Waals surface area contributed by atoms with Gasteiger partial charge in [0.2, 0.25) is 0 Å². The zero-order chi connectivity index (χ0) is 22.3. The predicted octanol–water partition coefficient (Wildman–Crippen LogP) is 0.574. The minimum absolute atomic E-state index is 0.122. The highest BCUT2D eigenvalue weighted by atomic mass is 19.4. The first-order chi connectivity index (χ1) is 14.8. The van der Waals surface area contributed by atoms with Gasteiger partial charge in [-0.05, 0) is 0 Å². The van der Waals surface area contributed by atoms with Gasteiger partial charge >= 0.3 is 6.18 Å². The van der Waals surface area contributed by atoms with Crippen LogP contribution in [0.5, 0.6) is 0 Å². The van der Waals surface area contributed by atoms with Crippen LogP contribution in [0.1, 0.15) is 16.2 Å². The van der Waals surface area contributed by atoms with E-state index in [2.05, 4.69) is 36.1 Å². The first kappa shape index (κ1) is 22.1. The van der Waals surface area contributed by atoms with Gasteiger partial charge in [0.15, 0.2) is 17.2 Å². The number of nitrogens with zero attached hydrogens (tertiary/aromatic N) is 5. The van der Waals surface area contributed by atoms with E-state index in [1.165, 1.54) is 18.5 Å². The fourth-order valence-corrected chi connectivity index (χ4v) is 2.58. The Kier molecular flexibility index (Phi) is 7.11. The number of hydrogen-bond acceptors (Lipinski definition) is 10. The maximum Gasteiger partial charge on any atom is 0.405 e. The van der Waals surface area contributed by atoms with E-state index in [1.807, 2.05) is 6.07 Å². The van der Waals surface area contributed by atoms with Gasteiger partial charge in [0, 0.05) is 25.7 Å². The summed E-state index contributed by atoms with van der Waals surface area (Å²) < 4.78 is 42.9. The third-order valence-electron chi connectivity index (χ3n) is 4.01. The van der Waals surface area contributed by atoms with Gasteiger partial charge in [-0.15, -0.1) is 10.2 Å². The van der Waals surface area contributed by atoms with Crippen molar-refractivity contribution < 1.29 is 22.7 Å². The molecule has 3 heterocycles. The number of ether oxygens (including phenoxy) is 1. The normalized spacial score (nSPS) is 16.3. The molecular formula is C17H18F3N9O2. The molecule has 1 atom stereocenters. The van der Waals surface area contributed by atoms with Crippen LogP contribution in [0.2, 0.25) is 0 Å². The molecule has 1 amide bonds. The smallest absolute Gasteiger partial charge is 0.380 e. The lowest BCUT2D eigenvalue weighted by Gasteiger charge is -2.24. The zero-order valence-corrected chi connectivity index (χ0v) is 16.0. The maximum atomic E-state index is 12.5. The average molecular weight is 437 g/mol. The number of anilines is 3. The van der Waals surface area contributed by atoms with E-state index in [1.54, 1.807) is 5.32 Å². The summed E-state index contributed by atoms with van der Waals surface area (Å²) in [6.07, 6.45) is -2.21. The summed E-state index contributed by atoms with van der Waals surface area (Å²) in [5.41, 5.74) is -0.0193. The summed E-state index contributed by atoms with van der Waals surface area (Å²) in [5.74, 6) is -0.607. The lowest BCUT2D eigenvalue weighted by Crippen LogP contribution is -2.42. The SMILES string of the molecule is N#Cc1cnc(Nc2cc(NC[C@H]3CNCCO3)c(C(=O)NCC(F)(F)F)nn2)cn1. The monoisotopic (exact) mass is 437 g/mol. The van der Waals surface area contributed by atoms with Crippen molar-refractivity contribution in [1.29, 1.82) is 5.26 Å². The van der Waals surface area contributed by atoms with Crippen LogP contribution in [-0.2, 0) is 4.74 Å². The van der Waals surface area contributed by atoms with E-state index in [-0.39, 0.29) is 41.4 Å². The molecule has 0 aromatic carbocycles.